The second kappa shape index (κ2) is 9.83. The molecule has 3 aromatic rings. The summed E-state index contributed by atoms with van der Waals surface area (Å²) in [7, 11) is 0. The van der Waals surface area contributed by atoms with Gasteiger partial charge in [0.05, 0.1) is 28.4 Å². The molecule has 0 atom stereocenters. The van der Waals surface area contributed by atoms with Gasteiger partial charge in [-0.1, -0.05) is 83.9 Å². The maximum absolute atomic E-state index is 13.0. The quantitative estimate of drug-likeness (QED) is 0.359. The number of aromatic hydroxyl groups is 1. The molecular formula is C23H20Cl2N2O4. The summed E-state index contributed by atoms with van der Waals surface area (Å²) in [4.78, 5) is 13.0. The van der Waals surface area contributed by atoms with Crippen molar-refractivity contribution in [1.82, 2.24) is 5.43 Å². The first kappa shape index (κ1) is 22.6. The van der Waals surface area contributed by atoms with E-state index in [1.54, 1.807) is 67.6 Å². The number of phenols is 1. The Hall–Kier alpha value is -3.06. The molecule has 0 heterocycles. The van der Waals surface area contributed by atoms with E-state index < -0.39 is 11.5 Å². The van der Waals surface area contributed by atoms with Crippen LogP contribution in [0.3, 0.4) is 0 Å². The zero-order chi connectivity index (χ0) is 22.4. The van der Waals surface area contributed by atoms with Crippen LogP contribution in [-0.4, -0.2) is 28.9 Å². The number of amides is 1. The fourth-order valence-electron chi connectivity index (χ4n) is 3.02. The average Bonchev–Trinajstić information content (AvgIpc) is 2.80. The third-order valence-electron chi connectivity index (χ3n) is 4.56. The zero-order valence-electron chi connectivity index (χ0n) is 16.5. The van der Waals surface area contributed by atoms with Gasteiger partial charge in [0.25, 0.3) is 5.91 Å². The van der Waals surface area contributed by atoms with Gasteiger partial charge >= 0.3 is 0 Å². The van der Waals surface area contributed by atoms with Crippen LogP contribution >= 0.6 is 23.2 Å². The van der Waals surface area contributed by atoms with Crippen molar-refractivity contribution < 1.29 is 19.7 Å². The minimum atomic E-state index is -1.99. The second-order valence-corrected chi connectivity index (χ2v) is 7.29. The number of rotatable bonds is 7. The topological polar surface area (TPSA) is 91.2 Å². The normalized spacial score (nSPS) is 11.5. The van der Waals surface area contributed by atoms with Gasteiger partial charge in [0, 0.05) is 6.07 Å². The van der Waals surface area contributed by atoms with E-state index in [9.17, 15) is 15.0 Å². The number of halogens is 2. The number of hydrazone groups is 1. The molecule has 0 aliphatic rings. The van der Waals surface area contributed by atoms with E-state index in [1.807, 2.05) is 0 Å². The van der Waals surface area contributed by atoms with E-state index >= 15 is 0 Å². The largest absolute Gasteiger partial charge is 0.504 e. The minimum absolute atomic E-state index is 0.0435. The highest BCUT2D eigenvalue weighted by Gasteiger charge is 2.39. The molecule has 1 amide bonds. The first-order chi connectivity index (χ1) is 14.9. The van der Waals surface area contributed by atoms with Crippen LogP contribution in [-0.2, 0) is 10.4 Å². The van der Waals surface area contributed by atoms with Crippen LogP contribution < -0.4 is 10.2 Å². The summed E-state index contributed by atoms with van der Waals surface area (Å²) in [6.07, 6.45) is 1.14. The third kappa shape index (κ3) is 4.66. The lowest BCUT2D eigenvalue weighted by molar-refractivity contribution is -0.136. The number of carbonyl (C=O) groups excluding carboxylic acids is 1. The van der Waals surface area contributed by atoms with Gasteiger partial charge in [0.1, 0.15) is 0 Å². The molecule has 0 bridgehead atoms. The number of ether oxygens (including phenoxy) is 1. The molecule has 3 aromatic carbocycles. The Kier molecular flexibility index (Phi) is 7.17. The van der Waals surface area contributed by atoms with Crippen LogP contribution in [0.2, 0.25) is 10.0 Å². The Morgan fingerprint density at radius 2 is 1.65 bits per heavy atom. The average molecular weight is 459 g/mol. The van der Waals surface area contributed by atoms with Gasteiger partial charge in [0.2, 0.25) is 0 Å². The number of hydrogen-bond acceptors (Lipinski definition) is 5. The smallest absolute Gasteiger partial charge is 0.281 e. The van der Waals surface area contributed by atoms with Crippen LogP contribution in [0.4, 0.5) is 0 Å². The van der Waals surface area contributed by atoms with E-state index in [2.05, 4.69) is 10.5 Å². The van der Waals surface area contributed by atoms with Gasteiger partial charge in [-0.15, -0.1) is 0 Å². The summed E-state index contributed by atoms with van der Waals surface area (Å²) in [5, 5.41) is 25.8. The molecule has 0 saturated carbocycles. The van der Waals surface area contributed by atoms with Crippen molar-refractivity contribution in [2.24, 2.45) is 5.10 Å². The summed E-state index contributed by atoms with van der Waals surface area (Å²) in [6, 6.07) is 18.4. The summed E-state index contributed by atoms with van der Waals surface area (Å²) < 4.78 is 5.33. The van der Waals surface area contributed by atoms with Crippen LogP contribution in [0, 0.1) is 0 Å². The van der Waals surface area contributed by atoms with E-state index in [0.717, 1.165) is 6.21 Å². The van der Waals surface area contributed by atoms with E-state index in [4.69, 9.17) is 27.9 Å². The van der Waals surface area contributed by atoms with Gasteiger partial charge in [-0.05, 0) is 18.1 Å². The molecule has 0 fully saturated rings. The summed E-state index contributed by atoms with van der Waals surface area (Å²) in [6.45, 7) is 2.06. The Morgan fingerprint density at radius 1 is 1.10 bits per heavy atom. The summed E-state index contributed by atoms with van der Waals surface area (Å²) in [5.74, 6) is -0.922. The highest BCUT2D eigenvalue weighted by atomic mass is 35.5. The molecule has 0 aliphatic heterocycles. The van der Waals surface area contributed by atoms with Gasteiger partial charge in [-0.2, -0.15) is 5.10 Å². The molecule has 3 N–H and O–H groups in total. The first-order valence-corrected chi connectivity index (χ1v) is 10.2. The number of carbonyl (C=O) groups is 1. The van der Waals surface area contributed by atoms with Crippen molar-refractivity contribution in [2.75, 3.05) is 6.61 Å². The molecular weight excluding hydrogens is 439 g/mol. The van der Waals surface area contributed by atoms with Crippen molar-refractivity contribution in [3.05, 3.63) is 93.5 Å². The van der Waals surface area contributed by atoms with Crippen LogP contribution in [0.25, 0.3) is 0 Å². The summed E-state index contributed by atoms with van der Waals surface area (Å²) >= 11 is 12.3. The number of aliphatic hydroxyl groups is 1. The standard InChI is InChI=1S/C23H20Cl2N2O4/c1-2-31-19-13-18(24)20(25)17(21(19)28)14-26-27-22(29)23(30,15-9-5-3-6-10-15)16-11-7-4-8-12-16/h3-14,28,30H,2H2,1H3,(H,27,29). The Bertz CT molecular complexity index is 1050. The van der Waals surface area contributed by atoms with Crippen molar-refractivity contribution in [2.45, 2.75) is 12.5 Å². The number of nitrogens with one attached hydrogen (secondary N) is 1. The Labute approximate surface area is 189 Å². The van der Waals surface area contributed by atoms with Crippen LogP contribution in [0.5, 0.6) is 11.5 Å². The van der Waals surface area contributed by atoms with Crippen LogP contribution in [0.15, 0.2) is 71.8 Å². The fraction of sp³-hybridized carbons (Fsp3) is 0.130. The maximum Gasteiger partial charge on any atom is 0.281 e. The highest BCUT2D eigenvalue weighted by molar-refractivity contribution is 6.43. The molecule has 31 heavy (non-hydrogen) atoms. The van der Waals surface area contributed by atoms with Crippen LogP contribution in [0.1, 0.15) is 23.6 Å². The van der Waals surface area contributed by atoms with Crippen molar-refractivity contribution >= 4 is 35.3 Å². The molecule has 0 saturated heterocycles. The molecule has 0 aromatic heterocycles. The van der Waals surface area contributed by atoms with E-state index in [0.29, 0.717) is 17.7 Å². The van der Waals surface area contributed by atoms with Gasteiger partial charge in [-0.25, -0.2) is 5.43 Å². The maximum atomic E-state index is 13.0. The van der Waals surface area contributed by atoms with Gasteiger partial charge in [-0.3, -0.25) is 4.79 Å². The van der Waals surface area contributed by atoms with Crippen molar-refractivity contribution in [3.63, 3.8) is 0 Å². The first-order valence-electron chi connectivity index (χ1n) is 9.40. The molecule has 0 radical (unpaired) electrons. The molecule has 0 unspecified atom stereocenters. The molecule has 0 aliphatic carbocycles. The molecule has 8 heteroatoms. The third-order valence-corrected chi connectivity index (χ3v) is 5.37. The highest BCUT2D eigenvalue weighted by Crippen LogP contribution is 2.39. The number of nitrogens with zero attached hydrogens (tertiary/aromatic N) is 1. The minimum Gasteiger partial charge on any atom is -0.504 e. The van der Waals surface area contributed by atoms with E-state index in [1.165, 1.54) is 6.07 Å². The summed E-state index contributed by atoms with van der Waals surface area (Å²) in [5.41, 5.74) is 1.14. The number of phenolic OH excluding ortho intramolecular Hbond substituents is 1. The second-order valence-electron chi connectivity index (χ2n) is 6.51. The molecule has 3 rings (SSSR count). The lowest BCUT2D eigenvalue weighted by Crippen LogP contribution is -2.43. The predicted octanol–water partition coefficient (Wildman–Crippen LogP) is 4.48. The Balaban J connectivity index is 1.94. The van der Waals surface area contributed by atoms with Crippen molar-refractivity contribution in [3.8, 4) is 11.5 Å². The Morgan fingerprint density at radius 3 is 2.16 bits per heavy atom. The van der Waals surface area contributed by atoms with Gasteiger partial charge < -0.3 is 14.9 Å². The van der Waals surface area contributed by atoms with Crippen molar-refractivity contribution in [1.29, 1.82) is 0 Å². The predicted molar refractivity (Wildman–Crippen MR) is 121 cm³/mol. The number of hydrogen-bond donors (Lipinski definition) is 3. The zero-order valence-corrected chi connectivity index (χ0v) is 18.1. The van der Waals surface area contributed by atoms with Gasteiger partial charge in [0.15, 0.2) is 17.1 Å². The monoisotopic (exact) mass is 458 g/mol. The molecule has 0 spiro atoms. The number of benzene rings is 3. The lowest BCUT2D eigenvalue weighted by atomic mass is 9.85. The fourth-order valence-corrected chi connectivity index (χ4v) is 3.41. The lowest BCUT2D eigenvalue weighted by Gasteiger charge is -2.27. The van der Waals surface area contributed by atoms with E-state index in [-0.39, 0.29) is 27.1 Å². The molecule has 160 valence electrons. The SMILES string of the molecule is CCOc1cc(Cl)c(Cl)c(C=NNC(=O)C(O)(c2ccccc2)c2ccccc2)c1O. The molecule has 6 nitrogen and oxygen atoms in total.